The molecular formula is C12H14BrN3S. The van der Waals surface area contributed by atoms with Gasteiger partial charge in [-0.05, 0) is 31.0 Å². The van der Waals surface area contributed by atoms with E-state index in [2.05, 4.69) is 38.5 Å². The topological polar surface area (TPSA) is 50.9 Å². The molecule has 0 amide bonds. The summed E-state index contributed by atoms with van der Waals surface area (Å²) < 4.78 is 1.09. The lowest BCUT2D eigenvalue weighted by Crippen LogP contribution is -2.29. The molecule has 17 heavy (non-hydrogen) atoms. The van der Waals surface area contributed by atoms with Crippen LogP contribution in [-0.4, -0.2) is 4.98 Å². The van der Waals surface area contributed by atoms with E-state index in [0.29, 0.717) is 0 Å². The van der Waals surface area contributed by atoms with Crippen molar-refractivity contribution >= 4 is 27.3 Å². The Labute approximate surface area is 113 Å². The fourth-order valence-electron chi connectivity index (χ4n) is 1.77. The molecule has 0 aliphatic rings. The first-order valence-corrected chi connectivity index (χ1v) is 6.98. The number of benzene rings is 1. The molecule has 0 saturated heterocycles. The highest BCUT2D eigenvalue weighted by Gasteiger charge is 2.15. The van der Waals surface area contributed by atoms with Crippen molar-refractivity contribution in [2.75, 3.05) is 0 Å². The van der Waals surface area contributed by atoms with E-state index in [0.717, 1.165) is 16.6 Å². The van der Waals surface area contributed by atoms with Gasteiger partial charge in [0.2, 0.25) is 0 Å². The number of hydrogen-bond acceptors (Lipinski definition) is 4. The number of hydrazine groups is 1. The van der Waals surface area contributed by atoms with Gasteiger partial charge in [-0.1, -0.05) is 28.1 Å². The fraction of sp³-hybridized carbons (Fsp3) is 0.250. The van der Waals surface area contributed by atoms with Gasteiger partial charge in [0.1, 0.15) is 0 Å². The SMILES string of the molecule is Cc1ncsc1C(Cc1cccc(Br)c1)NN. The standard InChI is InChI=1S/C12H14BrN3S/c1-8-12(17-7-15-8)11(16-14)6-9-3-2-4-10(13)5-9/h2-5,7,11,16H,6,14H2,1H3. The summed E-state index contributed by atoms with van der Waals surface area (Å²) in [5.41, 5.74) is 7.02. The maximum absolute atomic E-state index is 5.64. The van der Waals surface area contributed by atoms with E-state index in [4.69, 9.17) is 5.84 Å². The number of aryl methyl sites for hydroxylation is 1. The Morgan fingerprint density at radius 3 is 2.94 bits per heavy atom. The Bertz CT molecular complexity index is 498. The number of hydrogen-bond donors (Lipinski definition) is 2. The third kappa shape index (κ3) is 3.13. The van der Waals surface area contributed by atoms with Crippen LogP contribution in [0, 0.1) is 6.92 Å². The molecule has 0 spiro atoms. The quantitative estimate of drug-likeness (QED) is 0.674. The van der Waals surface area contributed by atoms with Gasteiger partial charge in [0, 0.05) is 9.35 Å². The number of halogens is 1. The highest BCUT2D eigenvalue weighted by Crippen LogP contribution is 2.25. The molecule has 1 heterocycles. The third-order valence-electron chi connectivity index (χ3n) is 2.63. The molecule has 0 bridgehead atoms. The highest BCUT2D eigenvalue weighted by molar-refractivity contribution is 9.10. The molecule has 2 rings (SSSR count). The summed E-state index contributed by atoms with van der Waals surface area (Å²) in [6, 6.07) is 8.39. The lowest BCUT2D eigenvalue weighted by atomic mass is 10.0. The summed E-state index contributed by atoms with van der Waals surface area (Å²) >= 11 is 5.12. The summed E-state index contributed by atoms with van der Waals surface area (Å²) in [7, 11) is 0. The molecule has 3 N–H and O–H groups in total. The Balaban J connectivity index is 2.19. The minimum absolute atomic E-state index is 0.122. The first-order valence-electron chi connectivity index (χ1n) is 5.31. The first-order chi connectivity index (χ1) is 8.20. The van der Waals surface area contributed by atoms with Gasteiger partial charge in [-0.15, -0.1) is 11.3 Å². The van der Waals surface area contributed by atoms with Crippen LogP contribution in [0.15, 0.2) is 34.2 Å². The van der Waals surface area contributed by atoms with E-state index >= 15 is 0 Å². The van der Waals surface area contributed by atoms with Gasteiger partial charge in [-0.2, -0.15) is 0 Å². The lowest BCUT2D eigenvalue weighted by Gasteiger charge is -2.15. The van der Waals surface area contributed by atoms with Crippen LogP contribution in [0.2, 0.25) is 0 Å². The molecule has 0 saturated carbocycles. The molecular weight excluding hydrogens is 298 g/mol. The van der Waals surface area contributed by atoms with Crippen molar-refractivity contribution in [3.8, 4) is 0 Å². The minimum Gasteiger partial charge on any atom is -0.271 e. The minimum atomic E-state index is 0.122. The zero-order valence-electron chi connectivity index (χ0n) is 9.48. The van der Waals surface area contributed by atoms with Gasteiger partial charge in [0.25, 0.3) is 0 Å². The van der Waals surface area contributed by atoms with Crippen molar-refractivity contribution in [1.82, 2.24) is 10.4 Å². The van der Waals surface area contributed by atoms with Gasteiger partial charge in [0.15, 0.2) is 0 Å². The summed E-state index contributed by atoms with van der Waals surface area (Å²) in [5.74, 6) is 5.64. The largest absolute Gasteiger partial charge is 0.271 e. The van der Waals surface area contributed by atoms with Crippen LogP contribution in [-0.2, 0) is 6.42 Å². The van der Waals surface area contributed by atoms with E-state index in [9.17, 15) is 0 Å². The van der Waals surface area contributed by atoms with Crippen molar-refractivity contribution < 1.29 is 0 Å². The van der Waals surface area contributed by atoms with E-state index in [1.54, 1.807) is 11.3 Å². The first kappa shape index (κ1) is 12.7. The van der Waals surface area contributed by atoms with Gasteiger partial charge in [-0.3, -0.25) is 11.3 Å². The molecule has 2 aromatic rings. The summed E-state index contributed by atoms with van der Waals surface area (Å²) in [4.78, 5) is 5.46. The van der Waals surface area contributed by atoms with Crippen molar-refractivity contribution in [3.05, 3.63) is 50.4 Å². The van der Waals surface area contributed by atoms with Crippen LogP contribution in [0.4, 0.5) is 0 Å². The van der Waals surface area contributed by atoms with E-state index < -0.39 is 0 Å². The number of nitrogens with one attached hydrogen (secondary N) is 1. The molecule has 1 unspecified atom stereocenters. The molecule has 0 radical (unpaired) electrons. The van der Waals surface area contributed by atoms with Crippen molar-refractivity contribution in [3.63, 3.8) is 0 Å². The van der Waals surface area contributed by atoms with Crippen LogP contribution in [0.25, 0.3) is 0 Å². The maximum Gasteiger partial charge on any atom is 0.0798 e. The average Bonchev–Trinajstić information content (AvgIpc) is 2.72. The zero-order valence-corrected chi connectivity index (χ0v) is 11.9. The number of nitrogens with two attached hydrogens (primary N) is 1. The van der Waals surface area contributed by atoms with Crippen LogP contribution in [0.1, 0.15) is 22.2 Å². The second-order valence-corrected chi connectivity index (χ2v) is 5.66. The van der Waals surface area contributed by atoms with Gasteiger partial charge in [-0.25, -0.2) is 4.98 Å². The normalized spacial score (nSPS) is 12.6. The average molecular weight is 312 g/mol. The highest BCUT2D eigenvalue weighted by atomic mass is 79.9. The Hall–Kier alpha value is -0.750. The maximum atomic E-state index is 5.64. The predicted octanol–water partition coefficient (Wildman–Crippen LogP) is 2.96. The van der Waals surface area contributed by atoms with E-state index in [-0.39, 0.29) is 6.04 Å². The second-order valence-electron chi connectivity index (χ2n) is 3.86. The fourth-order valence-corrected chi connectivity index (χ4v) is 3.08. The number of aromatic nitrogens is 1. The van der Waals surface area contributed by atoms with Crippen LogP contribution >= 0.6 is 27.3 Å². The summed E-state index contributed by atoms with van der Waals surface area (Å²) in [6.07, 6.45) is 0.860. The molecule has 0 aliphatic carbocycles. The molecule has 1 aromatic carbocycles. The zero-order chi connectivity index (χ0) is 12.3. The molecule has 0 aliphatic heterocycles. The number of nitrogens with zero attached hydrogens (tertiary/aromatic N) is 1. The van der Waals surface area contributed by atoms with Gasteiger partial charge >= 0.3 is 0 Å². The Morgan fingerprint density at radius 1 is 1.53 bits per heavy atom. The molecule has 1 aromatic heterocycles. The van der Waals surface area contributed by atoms with Gasteiger partial charge < -0.3 is 0 Å². The number of thiazole rings is 1. The number of rotatable bonds is 4. The van der Waals surface area contributed by atoms with Crippen molar-refractivity contribution in [1.29, 1.82) is 0 Å². The van der Waals surface area contributed by atoms with Crippen LogP contribution in [0.5, 0.6) is 0 Å². The molecule has 5 heteroatoms. The van der Waals surface area contributed by atoms with E-state index in [1.807, 2.05) is 24.6 Å². The Kier molecular flexibility index (Phi) is 4.28. The third-order valence-corrected chi connectivity index (χ3v) is 4.17. The van der Waals surface area contributed by atoms with E-state index in [1.165, 1.54) is 10.4 Å². The molecule has 3 nitrogen and oxygen atoms in total. The lowest BCUT2D eigenvalue weighted by molar-refractivity contribution is 0.557. The second kappa shape index (κ2) is 5.73. The van der Waals surface area contributed by atoms with Crippen LogP contribution in [0.3, 0.4) is 0 Å². The Morgan fingerprint density at radius 2 is 2.35 bits per heavy atom. The monoisotopic (exact) mass is 311 g/mol. The van der Waals surface area contributed by atoms with Crippen LogP contribution < -0.4 is 11.3 Å². The molecule has 90 valence electrons. The predicted molar refractivity (Wildman–Crippen MR) is 74.8 cm³/mol. The smallest absolute Gasteiger partial charge is 0.0798 e. The summed E-state index contributed by atoms with van der Waals surface area (Å²) in [5, 5.41) is 0. The van der Waals surface area contributed by atoms with Gasteiger partial charge in [0.05, 0.1) is 17.2 Å². The molecule has 0 fully saturated rings. The summed E-state index contributed by atoms with van der Waals surface area (Å²) in [6.45, 7) is 2.01. The van der Waals surface area contributed by atoms with Crippen molar-refractivity contribution in [2.24, 2.45) is 5.84 Å². The van der Waals surface area contributed by atoms with Crippen molar-refractivity contribution in [2.45, 2.75) is 19.4 Å². The molecule has 1 atom stereocenters.